The molecule has 0 amide bonds. The Kier molecular flexibility index (Phi) is 4.58. The van der Waals surface area contributed by atoms with Crippen LogP contribution in [0.25, 0.3) is 11.4 Å². The molecular weight excluding hydrogens is 236 g/mol. The smallest absolute Gasteiger partial charge is 0.163 e. The zero-order valence-corrected chi connectivity index (χ0v) is 11.6. The highest BCUT2D eigenvalue weighted by Crippen LogP contribution is 2.16. The van der Waals surface area contributed by atoms with Crippen LogP contribution in [0.4, 0.5) is 0 Å². The standard InChI is InChI=1S/C15H20N4/c1-3-4-12-5-7-13(8-6-12)15-18-11(2)17-14(19-15)9-10-16/h5-8H,3-4,9-10,16H2,1-2H3. The predicted octanol–water partition coefficient (Wildman–Crippen LogP) is 2.30. The van der Waals surface area contributed by atoms with E-state index in [-0.39, 0.29) is 0 Å². The van der Waals surface area contributed by atoms with Crippen molar-refractivity contribution in [1.29, 1.82) is 0 Å². The lowest BCUT2D eigenvalue weighted by atomic mass is 10.1. The van der Waals surface area contributed by atoms with Crippen LogP contribution >= 0.6 is 0 Å². The van der Waals surface area contributed by atoms with E-state index < -0.39 is 0 Å². The first-order valence-corrected chi connectivity index (χ1v) is 6.74. The molecular formula is C15H20N4. The van der Waals surface area contributed by atoms with Crippen LogP contribution in [0.5, 0.6) is 0 Å². The topological polar surface area (TPSA) is 64.7 Å². The Morgan fingerprint density at radius 2 is 1.74 bits per heavy atom. The van der Waals surface area contributed by atoms with Crippen molar-refractivity contribution in [2.24, 2.45) is 5.73 Å². The lowest BCUT2D eigenvalue weighted by Gasteiger charge is -2.05. The first-order chi connectivity index (χ1) is 9.22. The van der Waals surface area contributed by atoms with Crippen molar-refractivity contribution in [3.63, 3.8) is 0 Å². The molecule has 0 radical (unpaired) electrons. The average molecular weight is 256 g/mol. The van der Waals surface area contributed by atoms with Crippen LogP contribution in [0.3, 0.4) is 0 Å². The lowest BCUT2D eigenvalue weighted by molar-refractivity contribution is 0.827. The van der Waals surface area contributed by atoms with E-state index in [2.05, 4.69) is 46.1 Å². The van der Waals surface area contributed by atoms with Gasteiger partial charge in [0.15, 0.2) is 5.82 Å². The van der Waals surface area contributed by atoms with Gasteiger partial charge >= 0.3 is 0 Å². The number of aryl methyl sites for hydroxylation is 2. The van der Waals surface area contributed by atoms with Crippen LogP contribution in [0.1, 0.15) is 30.6 Å². The molecule has 19 heavy (non-hydrogen) atoms. The van der Waals surface area contributed by atoms with Gasteiger partial charge in [0.05, 0.1) is 0 Å². The Morgan fingerprint density at radius 3 is 2.37 bits per heavy atom. The molecule has 0 aliphatic heterocycles. The summed E-state index contributed by atoms with van der Waals surface area (Å²) in [5.74, 6) is 2.24. The van der Waals surface area contributed by atoms with E-state index >= 15 is 0 Å². The molecule has 1 heterocycles. The SMILES string of the molecule is CCCc1ccc(-c2nc(C)nc(CCN)n2)cc1. The van der Waals surface area contributed by atoms with Crippen molar-refractivity contribution in [2.75, 3.05) is 6.54 Å². The van der Waals surface area contributed by atoms with Crippen molar-refractivity contribution in [2.45, 2.75) is 33.1 Å². The molecule has 4 nitrogen and oxygen atoms in total. The Labute approximate surface area is 114 Å². The summed E-state index contributed by atoms with van der Waals surface area (Å²) in [6.07, 6.45) is 2.95. The zero-order valence-electron chi connectivity index (χ0n) is 11.6. The van der Waals surface area contributed by atoms with Gasteiger partial charge in [-0.2, -0.15) is 0 Å². The van der Waals surface area contributed by atoms with Crippen LogP contribution in [0, 0.1) is 6.92 Å². The third-order valence-corrected chi connectivity index (χ3v) is 2.91. The summed E-state index contributed by atoms with van der Waals surface area (Å²) in [6, 6.07) is 8.43. The first-order valence-electron chi connectivity index (χ1n) is 6.74. The van der Waals surface area contributed by atoms with E-state index in [0.717, 1.165) is 35.9 Å². The van der Waals surface area contributed by atoms with Gasteiger partial charge in [0.1, 0.15) is 11.6 Å². The van der Waals surface area contributed by atoms with Crippen molar-refractivity contribution in [3.05, 3.63) is 41.5 Å². The summed E-state index contributed by atoms with van der Waals surface area (Å²) in [5, 5.41) is 0. The molecule has 0 spiro atoms. The summed E-state index contributed by atoms with van der Waals surface area (Å²) in [5.41, 5.74) is 7.93. The van der Waals surface area contributed by atoms with E-state index in [0.29, 0.717) is 13.0 Å². The fourth-order valence-electron chi connectivity index (χ4n) is 2.02. The fraction of sp³-hybridized carbons (Fsp3) is 0.400. The maximum atomic E-state index is 5.55. The van der Waals surface area contributed by atoms with Crippen molar-refractivity contribution >= 4 is 0 Å². The van der Waals surface area contributed by atoms with Crippen molar-refractivity contribution in [3.8, 4) is 11.4 Å². The van der Waals surface area contributed by atoms with E-state index in [9.17, 15) is 0 Å². The number of nitrogens with two attached hydrogens (primary N) is 1. The second kappa shape index (κ2) is 6.38. The molecule has 100 valence electrons. The number of benzene rings is 1. The monoisotopic (exact) mass is 256 g/mol. The fourth-order valence-corrected chi connectivity index (χ4v) is 2.02. The summed E-state index contributed by atoms with van der Waals surface area (Å²) >= 11 is 0. The molecule has 2 rings (SSSR count). The minimum atomic E-state index is 0.554. The number of nitrogens with zero attached hydrogens (tertiary/aromatic N) is 3. The molecule has 1 aromatic carbocycles. The maximum Gasteiger partial charge on any atom is 0.163 e. The van der Waals surface area contributed by atoms with E-state index in [1.807, 2.05) is 6.92 Å². The summed E-state index contributed by atoms with van der Waals surface area (Å²) in [7, 11) is 0. The van der Waals surface area contributed by atoms with Crippen LogP contribution in [0.2, 0.25) is 0 Å². The highest BCUT2D eigenvalue weighted by molar-refractivity contribution is 5.55. The van der Waals surface area contributed by atoms with Gasteiger partial charge in [-0.25, -0.2) is 15.0 Å². The van der Waals surface area contributed by atoms with Gasteiger partial charge in [-0.3, -0.25) is 0 Å². The summed E-state index contributed by atoms with van der Waals surface area (Å²) < 4.78 is 0. The highest BCUT2D eigenvalue weighted by atomic mass is 15.0. The maximum absolute atomic E-state index is 5.55. The Balaban J connectivity index is 2.29. The van der Waals surface area contributed by atoms with Gasteiger partial charge in [-0.15, -0.1) is 0 Å². The molecule has 2 aromatic rings. The zero-order chi connectivity index (χ0) is 13.7. The third-order valence-electron chi connectivity index (χ3n) is 2.91. The summed E-state index contributed by atoms with van der Waals surface area (Å²) in [4.78, 5) is 13.2. The van der Waals surface area contributed by atoms with E-state index in [4.69, 9.17) is 5.73 Å². The molecule has 0 atom stereocenters. The molecule has 0 saturated heterocycles. The van der Waals surface area contributed by atoms with Crippen LogP contribution < -0.4 is 5.73 Å². The average Bonchev–Trinajstić information content (AvgIpc) is 2.40. The molecule has 2 N–H and O–H groups in total. The predicted molar refractivity (Wildman–Crippen MR) is 76.8 cm³/mol. The van der Waals surface area contributed by atoms with E-state index in [1.165, 1.54) is 5.56 Å². The van der Waals surface area contributed by atoms with Gasteiger partial charge in [0.25, 0.3) is 0 Å². The number of rotatable bonds is 5. The Bertz CT molecular complexity index is 534. The molecule has 0 aliphatic rings. The van der Waals surface area contributed by atoms with Crippen molar-refractivity contribution in [1.82, 2.24) is 15.0 Å². The van der Waals surface area contributed by atoms with Crippen LogP contribution in [0.15, 0.2) is 24.3 Å². The summed E-state index contributed by atoms with van der Waals surface area (Å²) in [6.45, 7) is 4.62. The van der Waals surface area contributed by atoms with Gasteiger partial charge in [-0.05, 0) is 25.5 Å². The molecule has 0 fully saturated rings. The molecule has 0 bridgehead atoms. The Hall–Kier alpha value is -1.81. The molecule has 1 aromatic heterocycles. The number of aromatic nitrogens is 3. The van der Waals surface area contributed by atoms with Gasteiger partial charge < -0.3 is 5.73 Å². The second-order valence-corrected chi connectivity index (χ2v) is 4.61. The minimum absolute atomic E-state index is 0.554. The normalized spacial score (nSPS) is 10.7. The minimum Gasteiger partial charge on any atom is -0.330 e. The highest BCUT2D eigenvalue weighted by Gasteiger charge is 2.06. The van der Waals surface area contributed by atoms with Gasteiger partial charge in [0, 0.05) is 12.0 Å². The third kappa shape index (κ3) is 3.58. The van der Waals surface area contributed by atoms with Gasteiger partial charge in [-0.1, -0.05) is 37.6 Å². The molecule has 0 aliphatic carbocycles. The first kappa shape index (κ1) is 13.6. The van der Waals surface area contributed by atoms with Crippen LogP contribution in [-0.2, 0) is 12.8 Å². The molecule has 0 saturated carbocycles. The quantitative estimate of drug-likeness (QED) is 0.891. The second-order valence-electron chi connectivity index (χ2n) is 4.61. The van der Waals surface area contributed by atoms with Gasteiger partial charge in [0.2, 0.25) is 0 Å². The lowest BCUT2D eigenvalue weighted by Crippen LogP contribution is -2.09. The number of hydrogen-bond donors (Lipinski definition) is 1. The molecule has 0 unspecified atom stereocenters. The molecule has 4 heteroatoms. The van der Waals surface area contributed by atoms with Crippen molar-refractivity contribution < 1.29 is 0 Å². The van der Waals surface area contributed by atoms with E-state index in [1.54, 1.807) is 0 Å². The largest absolute Gasteiger partial charge is 0.330 e. The van der Waals surface area contributed by atoms with Crippen LogP contribution in [-0.4, -0.2) is 21.5 Å². The Morgan fingerprint density at radius 1 is 1.00 bits per heavy atom. The number of hydrogen-bond acceptors (Lipinski definition) is 4.